The fourth-order valence-corrected chi connectivity index (χ4v) is 2.79. The van der Waals surface area contributed by atoms with Crippen LogP contribution in [0.25, 0.3) is 0 Å². The summed E-state index contributed by atoms with van der Waals surface area (Å²) in [7, 11) is -1.82. The zero-order chi connectivity index (χ0) is 13.9. The van der Waals surface area contributed by atoms with Gasteiger partial charge in [0.05, 0.1) is 4.90 Å². The van der Waals surface area contributed by atoms with Gasteiger partial charge in [-0.25, -0.2) is 8.42 Å². The average Bonchev–Trinajstić information content (AvgIpc) is 2.75. The van der Waals surface area contributed by atoms with Gasteiger partial charge in [0, 0.05) is 19.3 Å². The first-order valence-corrected chi connectivity index (χ1v) is 7.61. The van der Waals surface area contributed by atoms with E-state index in [1.165, 1.54) is 0 Å². The maximum atomic E-state index is 12.1. The Morgan fingerprint density at radius 2 is 1.89 bits per heavy atom. The number of rotatable bonds is 5. The van der Waals surface area contributed by atoms with Gasteiger partial charge in [-0.3, -0.25) is 9.40 Å². The van der Waals surface area contributed by atoms with Crippen molar-refractivity contribution in [2.45, 2.75) is 24.7 Å². The van der Waals surface area contributed by atoms with Crippen LogP contribution in [0.1, 0.15) is 18.9 Å². The molecule has 0 saturated carbocycles. The first-order valence-electron chi connectivity index (χ1n) is 6.12. The highest BCUT2D eigenvalue weighted by molar-refractivity contribution is 7.92. The van der Waals surface area contributed by atoms with Crippen LogP contribution in [0.5, 0.6) is 0 Å². The molecule has 0 amide bonds. The van der Waals surface area contributed by atoms with Crippen molar-refractivity contribution >= 4 is 15.8 Å². The van der Waals surface area contributed by atoms with Gasteiger partial charge >= 0.3 is 0 Å². The minimum absolute atomic E-state index is 0.248. The second-order valence-corrected chi connectivity index (χ2v) is 6.06. The molecule has 0 bridgehead atoms. The number of nitrogens with zero attached hydrogens (tertiary/aromatic N) is 2. The summed E-state index contributed by atoms with van der Waals surface area (Å²) in [5.41, 5.74) is 1.14. The Bertz CT molecular complexity index is 645. The lowest BCUT2D eigenvalue weighted by Gasteiger charge is -2.06. The quantitative estimate of drug-likeness (QED) is 0.912. The molecule has 0 spiro atoms. The summed E-state index contributed by atoms with van der Waals surface area (Å²) in [5.74, 6) is 0.320. The van der Waals surface area contributed by atoms with Crippen LogP contribution in [-0.4, -0.2) is 18.2 Å². The molecule has 1 aromatic carbocycles. The van der Waals surface area contributed by atoms with E-state index in [9.17, 15) is 8.42 Å². The Morgan fingerprint density at radius 3 is 2.42 bits per heavy atom. The van der Waals surface area contributed by atoms with E-state index in [4.69, 9.17) is 0 Å². The van der Waals surface area contributed by atoms with E-state index in [0.29, 0.717) is 5.82 Å². The van der Waals surface area contributed by atoms with Crippen LogP contribution in [0, 0.1) is 0 Å². The number of hydrogen-bond acceptors (Lipinski definition) is 3. The van der Waals surface area contributed by atoms with Crippen molar-refractivity contribution in [1.82, 2.24) is 9.78 Å². The summed E-state index contributed by atoms with van der Waals surface area (Å²) in [6.07, 6.45) is 3.68. The zero-order valence-electron chi connectivity index (χ0n) is 11.0. The third-order valence-corrected chi connectivity index (χ3v) is 4.10. The van der Waals surface area contributed by atoms with E-state index >= 15 is 0 Å². The van der Waals surface area contributed by atoms with E-state index in [1.54, 1.807) is 36.1 Å². The van der Waals surface area contributed by atoms with E-state index < -0.39 is 10.0 Å². The molecule has 2 aromatic rings. The normalized spacial score (nSPS) is 11.5. The average molecular weight is 279 g/mol. The predicted octanol–water partition coefficient (Wildman–Crippen LogP) is 2.17. The summed E-state index contributed by atoms with van der Waals surface area (Å²) in [6, 6.07) is 8.54. The largest absolute Gasteiger partial charge is 0.274 e. The molecular formula is C13H17N3O2S. The highest BCUT2D eigenvalue weighted by Crippen LogP contribution is 2.15. The summed E-state index contributed by atoms with van der Waals surface area (Å²) < 4.78 is 28.2. The van der Waals surface area contributed by atoms with E-state index in [1.807, 2.05) is 12.1 Å². The molecule has 1 heterocycles. The summed E-state index contributed by atoms with van der Waals surface area (Å²) in [4.78, 5) is 0.248. The van der Waals surface area contributed by atoms with Crippen molar-refractivity contribution < 1.29 is 8.42 Å². The van der Waals surface area contributed by atoms with Gasteiger partial charge in [-0.2, -0.15) is 5.10 Å². The van der Waals surface area contributed by atoms with Crippen molar-refractivity contribution in [2.75, 3.05) is 4.72 Å². The number of nitrogens with one attached hydrogen (secondary N) is 1. The summed E-state index contributed by atoms with van der Waals surface area (Å²) in [5, 5.41) is 3.99. The molecule has 1 aromatic heterocycles. The monoisotopic (exact) mass is 279 g/mol. The molecule has 6 heteroatoms. The molecule has 0 fully saturated rings. The molecule has 102 valence electrons. The third kappa shape index (κ3) is 3.35. The Balaban J connectivity index is 2.19. The van der Waals surface area contributed by atoms with E-state index in [-0.39, 0.29) is 4.90 Å². The third-order valence-electron chi connectivity index (χ3n) is 2.72. The van der Waals surface area contributed by atoms with Gasteiger partial charge in [0.25, 0.3) is 10.0 Å². The Labute approximate surface area is 113 Å². The predicted molar refractivity (Wildman–Crippen MR) is 74.5 cm³/mol. The van der Waals surface area contributed by atoms with Crippen molar-refractivity contribution in [3.63, 3.8) is 0 Å². The SMILES string of the molecule is CCCc1ccc(S(=O)(=O)Nc2ccn(C)n2)cc1. The molecule has 0 saturated heterocycles. The standard InChI is InChI=1S/C13H17N3O2S/c1-3-4-11-5-7-12(8-6-11)19(17,18)15-13-9-10-16(2)14-13/h5-10H,3-4H2,1-2H3,(H,14,15). The lowest BCUT2D eigenvalue weighted by Crippen LogP contribution is -2.13. The first-order chi connectivity index (χ1) is 9.01. The zero-order valence-corrected chi connectivity index (χ0v) is 11.8. The van der Waals surface area contributed by atoms with Crippen molar-refractivity contribution in [3.05, 3.63) is 42.1 Å². The maximum Gasteiger partial charge on any atom is 0.263 e. The lowest BCUT2D eigenvalue weighted by atomic mass is 10.1. The molecule has 0 radical (unpaired) electrons. The van der Waals surface area contributed by atoms with E-state index in [0.717, 1.165) is 18.4 Å². The van der Waals surface area contributed by atoms with Crippen LogP contribution in [0.15, 0.2) is 41.4 Å². The number of benzene rings is 1. The van der Waals surface area contributed by atoms with Crippen LogP contribution in [-0.2, 0) is 23.5 Å². The van der Waals surface area contributed by atoms with Gasteiger partial charge in [0.1, 0.15) is 0 Å². The van der Waals surface area contributed by atoms with E-state index in [2.05, 4.69) is 16.7 Å². The molecule has 2 rings (SSSR count). The lowest BCUT2D eigenvalue weighted by molar-refractivity contribution is 0.601. The Morgan fingerprint density at radius 1 is 1.21 bits per heavy atom. The molecule has 0 aliphatic carbocycles. The van der Waals surface area contributed by atoms with Crippen LogP contribution in [0.3, 0.4) is 0 Å². The number of anilines is 1. The summed E-state index contributed by atoms with van der Waals surface area (Å²) in [6.45, 7) is 2.09. The van der Waals surface area contributed by atoms with Crippen molar-refractivity contribution in [1.29, 1.82) is 0 Å². The smallest absolute Gasteiger partial charge is 0.263 e. The minimum atomic E-state index is -3.56. The molecule has 0 atom stereocenters. The van der Waals surface area contributed by atoms with Crippen LogP contribution in [0.4, 0.5) is 5.82 Å². The molecule has 0 aliphatic heterocycles. The Hall–Kier alpha value is -1.82. The highest BCUT2D eigenvalue weighted by Gasteiger charge is 2.15. The first kappa shape index (κ1) is 13.6. The number of sulfonamides is 1. The maximum absolute atomic E-state index is 12.1. The van der Waals surface area contributed by atoms with Gasteiger partial charge in [0.15, 0.2) is 5.82 Å². The second kappa shape index (κ2) is 5.44. The van der Waals surface area contributed by atoms with Gasteiger partial charge in [-0.05, 0) is 24.1 Å². The van der Waals surface area contributed by atoms with Gasteiger partial charge in [-0.1, -0.05) is 25.5 Å². The molecule has 5 nitrogen and oxygen atoms in total. The summed E-state index contributed by atoms with van der Waals surface area (Å²) >= 11 is 0. The van der Waals surface area contributed by atoms with Crippen LogP contribution < -0.4 is 4.72 Å². The second-order valence-electron chi connectivity index (χ2n) is 4.37. The molecule has 0 unspecified atom stereocenters. The molecule has 1 N–H and O–H groups in total. The topological polar surface area (TPSA) is 64.0 Å². The fourth-order valence-electron chi connectivity index (χ4n) is 1.79. The van der Waals surface area contributed by atoms with Crippen LogP contribution in [0.2, 0.25) is 0 Å². The fraction of sp³-hybridized carbons (Fsp3) is 0.308. The molecule has 0 aliphatic rings. The van der Waals surface area contributed by atoms with Crippen molar-refractivity contribution in [3.8, 4) is 0 Å². The molecule has 19 heavy (non-hydrogen) atoms. The Kier molecular flexibility index (Phi) is 3.90. The van der Waals surface area contributed by atoms with Gasteiger partial charge in [0.2, 0.25) is 0 Å². The highest BCUT2D eigenvalue weighted by atomic mass is 32.2. The van der Waals surface area contributed by atoms with Crippen LogP contribution >= 0.6 is 0 Å². The molecular weight excluding hydrogens is 262 g/mol. The number of hydrogen-bond donors (Lipinski definition) is 1. The number of aryl methyl sites for hydroxylation is 2. The van der Waals surface area contributed by atoms with Gasteiger partial charge < -0.3 is 0 Å². The minimum Gasteiger partial charge on any atom is -0.274 e. The van der Waals surface area contributed by atoms with Gasteiger partial charge in [-0.15, -0.1) is 0 Å². The number of aromatic nitrogens is 2. The van der Waals surface area contributed by atoms with Crippen molar-refractivity contribution in [2.24, 2.45) is 7.05 Å².